The third-order valence-corrected chi connectivity index (χ3v) is 2.38. The van der Waals surface area contributed by atoms with Gasteiger partial charge in [0, 0.05) is 12.8 Å². The lowest BCUT2D eigenvalue weighted by molar-refractivity contribution is 0.186. The van der Waals surface area contributed by atoms with E-state index in [4.69, 9.17) is 10.5 Å². The van der Waals surface area contributed by atoms with Gasteiger partial charge in [-0.1, -0.05) is 0 Å². The molecule has 0 radical (unpaired) electrons. The number of hydrogen-bond donors (Lipinski definition) is 1. The van der Waals surface area contributed by atoms with Crippen LogP contribution in [0.5, 0.6) is 0 Å². The van der Waals surface area contributed by atoms with Crippen molar-refractivity contribution in [3.8, 4) is 0 Å². The maximum absolute atomic E-state index is 12.0. The molecular formula is C11H13N3O2. The predicted molar refractivity (Wildman–Crippen MR) is 62.3 cm³/mol. The molecule has 1 heterocycles. The van der Waals surface area contributed by atoms with Crippen molar-refractivity contribution >= 4 is 16.6 Å². The van der Waals surface area contributed by atoms with Crippen molar-refractivity contribution in [2.24, 2.45) is 0 Å². The number of benzene rings is 1. The number of fused-ring (bicyclic) bond motifs is 1. The highest BCUT2D eigenvalue weighted by Gasteiger charge is 2.03. The first-order valence-corrected chi connectivity index (χ1v) is 4.96. The lowest BCUT2D eigenvalue weighted by Crippen LogP contribution is -2.22. The second-order valence-corrected chi connectivity index (χ2v) is 3.51. The minimum Gasteiger partial charge on any atom is -0.399 e. The van der Waals surface area contributed by atoms with Gasteiger partial charge < -0.3 is 10.5 Å². The molecule has 0 unspecified atom stereocenters. The molecule has 0 saturated carbocycles. The standard InChI is InChI=1S/C11H13N3O2/c1-16-5-4-14-7-13-10-3-2-8(12)6-9(10)11(14)15/h2-3,6-7H,4-5,12H2,1H3. The van der Waals surface area contributed by atoms with Crippen LogP contribution < -0.4 is 11.3 Å². The van der Waals surface area contributed by atoms with E-state index in [0.717, 1.165) is 0 Å². The van der Waals surface area contributed by atoms with Gasteiger partial charge >= 0.3 is 0 Å². The number of ether oxygens (including phenoxy) is 1. The fraction of sp³-hybridized carbons (Fsp3) is 0.273. The molecule has 0 aliphatic carbocycles. The number of nitrogens with two attached hydrogens (primary N) is 1. The summed E-state index contributed by atoms with van der Waals surface area (Å²) >= 11 is 0. The summed E-state index contributed by atoms with van der Waals surface area (Å²) in [5.41, 5.74) is 6.78. The normalized spacial score (nSPS) is 10.8. The van der Waals surface area contributed by atoms with Crippen molar-refractivity contribution in [2.75, 3.05) is 19.5 Å². The van der Waals surface area contributed by atoms with Gasteiger partial charge in [0.1, 0.15) is 0 Å². The highest BCUT2D eigenvalue weighted by molar-refractivity contribution is 5.80. The fourth-order valence-electron chi connectivity index (χ4n) is 1.53. The van der Waals surface area contributed by atoms with Crippen LogP contribution in [0.25, 0.3) is 10.9 Å². The lowest BCUT2D eigenvalue weighted by Gasteiger charge is -2.05. The van der Waals surface area contributed by atoms with Gasteiger partial charge in [-0.25, -0.2) is 4.98 Å². The predicted octanol–water partition coefficient (Wildman–Crippen LogP) is 0.625. The van der Waals surface area contributed by atoms with Gasteiger partial charge in [0.05, 0.1) is 30.4 Å². The van der Waals surface area contributed by atoms with Crippen LogP contribution >= 0.6 is 0 Å². The first-order valence-electron chi connectivity index (χ1n) is 4.96. The van der Waals surface area contributed by atoms with E-state index < -0.39 is 0 Å². The third kappa shape index (κ3) is 1.90. The molecule has 0 aliphatic rings. The molecule has 2 aromatic rings. The molecule has 0 saturated heterocycles. The zero-order valence-corrected chi connectivity index (χ0v) is 9.01. The number of anilines is 1. The first-order chi connectivity index (χ1) is 7.72. The van der Waals surface area contributed by atoms with Crippen LogP contribution in [0.2, 0.25) is 0 Å². The number of hydrogen-bond acceptors (Lipinski definition) is 4. The number of methoxy groups -OCH3 is 1. The summed E-state index contributed by atoms with van der Waals surface area (Å²) in [5.74, 6) is 0. The maximum atomic E-state index is 12.0. The molecule has 5 heteroatoms. The summed E-state index contributed by atoms with van der Waals surface area (Å²) in [4.78, 5) is 16.2. The summed E-state index contributed by atoms with van der Waals surface area (Å²) in [7, 11) is 1.59. The SMILES string of the molecule is COCCn1cnc2ccc(N)cc2c1=O. The molecule has 0 amide bonds. The molecule has 0 atom stereocenters. The molecule has 0 spiro atoms. The van der Waals surface area contributed by atoms with Crippen molar-refractivity contribution in [1.29, 1.82) is 0 Å². The van der Waals surface area contributed by atoms with Crippen molar-refractivity contribution in [2.45, 2.75) is 6.54 Å². The smallest absolute Gasteiger partial charge is 0.261 e. The van der Waals surface area contributed by atoms with Gasteiger partial charge in [-0.05, 0) is 18.2 Å². The Morgan fingerprint density at radius 2 is 2.31 bits per heavy atom. The van der Waals surface area contributed by atoms with Crippen molar-refractivity contribution in [1.82, 2.24) is 9.55 Å². The molecule has 16 heavy (non-hydrogen) atoms. The summed E-state index contributed by atoms with van der Waals surface area (Å²) < 4.78 is 6.44. The van der Waals surface area contributed by atoms with Crippen molar-refractivity contribution in [3.63, 3.8) is 0 Å². The summed E-state index contributed by atoms with van der Waals surface area (Å²) in [6, 6.07) is 5.12. The fourth-order valence-corrected chi connectivity index (χ4v) is 1.53. The van der Waals surface area contributed by atoms with Crippen LogP contribution in [0.1, 0.15) is 0 Å². The van der Waals surface area contributed by atoms with Gasteiger partial charge in [0.15, 0.2) is 0 Å². The van der Waals surface area contributed by atoms with E-state index in [1.165, 1.54) is 10.9 Å². The zero-order chi connectivity index (χ0) is 11.5. The largest absolute Gasteiger partial charge is 0.399 e. The maximum Gasteiger partial charge on any atom is 0.261 e. The van der Waals surface area contributed by atoms with E-state index in [-0.39, 0.29) is 5.56 Å². The Morgan fingerprint density at radius 3 is 3.06 bits per heavy atom. The zero-order valence-electron chi connectivity index (χ0n) is 9.01. The molecule has 0 aliphatic heterocycles. The molecule has 2 N–H and O–H groups in total. The van der Waals surface area contributed by atoms with E-state index in [2.05, 4.69) is 4.98 Å². The Balaban J connectivity index is 2.55. The summed E-state index contributed by atoms with van der Waals surface area (Å²) in [6.45, 7) is 0.975. The lowest BCUT2D eigenvalue weighted by atomic mass is 10.2. The molecular weight excluding hydrogens is 206 g/mol. The van der Waals surface area contributed by atoms with E-state index >= 15 is 0 Å². The summed E-state index contributed by atoms with van der Waals surface area (Å²) in [6.07, 6.45) is 1.53. The van der Waals surface area contributed by atoms with Crippen molar-refractivity contribution < 1.29 is 4.74 Å². The van der Waals surface area contributed by atoms with Crippen LogP contribution in [-0.4, -0.2) is 23.3 Å². The summed E-state index contributed by atoms with van der Waals surface area (Å²) in [5, 5.41) is 0.540. The van der Waals surface area contributed by atoms with Crippen LogP contribution in [0.4, 0.5) is 5.69 Å². The average molecular weight is 219 g/mol. The monoisotopic (exact) mass is 219 g/mol. The van der Waals surface area contributed by atoms with Crippen LogP contribution in [0.15, 0.2) is 29.3 Å². The topological polar surface area (TPSA) is 70.1 Å². The Morgan fingerprint density at radius 1 is 1.50 bits per heavy atom. The third-order valence-electron chi connectivity index (χ3n) is 2.38. The van der Waals surface area contributed by atoms with E-state index in [0.29, 0.717) is 29.7 Å². The van der Waals surface area contributed by atoms with Crippen LogP contribution in [0, 0.1) is 0 Å². The van der Waals surface area contributed by atoms with Gasteiger partial charge in [-0.15, -0.1) is 0 Å². The number of rotatable bonds is 3. The number of nitrogen functional groups attached to an aromatic ring is 1. The Labute approximate surface area is 92.5 Å². The molecule has 2 rings (SSSR count). The molecule has 0 fully saturated rings. The molecule has 5 nitrogen and oxygen atoms in total. The van der Waals surface area contributed by atoms with E-state index in [9.17, 15) is 4.79 Å². The minimum absolute atomic E-state index is 0.0886. The Bertz CT molecular complexity index is 563. The quantitative estimate of drug-likeness (QED) is 0.768. The molecule has 1 aromatic heterocycles. The number of aromatic nitrogens is 2. The molecule has 0 bridgehead atoms. The number of nitrogens with zero attached hydrogens (tertiary/aromatic N) is 2. The second-order valence-electron chi connectivity index (χ2n) is 3.51. The highest BCUT2D eigenvalue weighted by atomic mass is 16.5. The van der Waals surface area contributed by atoms with Crippen molar-refractivity contribution in [3.05, 3.63) is 34.9 Å². The second kappa shape index (κ2) is 4.32. The van der Waals surface area contributed by atoms with E-state index in [1.54, 1.807) is 25.3 Å². The Kier molecular flexibility index (Phi) is 2.87. The molecule has 84 valence electrons. The van der Waals surface area contributed by atoms with E-state index in [1.807, 2.05) is 0 Å². The molecule has 1 aromatic carbocycles. The average Bonchev–Trinajstić information content (AvgIpc) is 2.29. The van der Waals surface area contributed by atoms with Gasteiger partial charge in [0.2, 0.25) is 0 Å². The van der Waals surface area contributed by atoms with Gasteiger partial charge in [0.25, 0.3) is 5.56 Å². The van der Waals surface area contributed by atoms with Gasteiger partial charge in [-0.3, -0.25) is 9.36 Å². The van der Waals surface area contributed by atoms with Gasteiger partial charge in [-0.2, -0.15) is 0 Å². The minimum atomic E-state index is -0.0886. The Hall–Kier alpha value is -1.88. The van der Waals surface area contributed by atoms with Crippen LogP contribution in [0.3, 0.4) is 0 Å². The van der Waals surface area contributed by atoms with Crippen LogP contribution in [-0.2, 0) is 11.3 Å². The highest BCUT2D eigenvalue weighted by Crippen LogP contribution is 2.10. The first kappa shape index (κ1) is 10.6.